The highest BCUT2D eigenvalue weighted by atomic mass is 15.2. The van der Waals surface area contributed by atoms with Gasteiger partial charge in [-0.1, -0.05) is 25.0 Å². The van der Waals surface area contributed by atoms with Gasteiger partial charge in [-0.25, -0.2) is 0 Å². The van der Waals surface area contributed by atoms with E-state index in [0.717, 1.165) is 5.70 Å². The highest BCUT2D eigenvalue weighted by Crippen LogP contribution is 2.15. The standard InChI is InChI=1S/C10H20N2/c1-7(2)10(5)8(3)6-9(4)12-11/h6-7,12H,11H2,1-5H3/b9-6-,10-8+. The third-order valence-electron chi connectivity index (χ3n) is 2.15. The lowest BCUT2D eigenvalue weighted by Crippen LogP contribution is -2.19. The van der Waals surface area contributed by atoms with E-state index < -0.39 is 0 Å². The molecule has 0 aromatic carbocycles. The number of hydrazine groups is 1. The molecule has 0 aromatic heterocycles. The minimum absolute atomic E-state index is 0.604. The van der Waals surface area contributed by atoms with Crippen molar-refractivity contribution >= 4 is 0 Å². The Morgan fingerprint density at radius 3 is 2.08 bits per heavy atom. The Hall–Kier alpha value is -0.760. The van der Waals surface area contributed by atoms with Crippen LogP contribution in [0.5, 0.6) is 0 Å². The predicted molar refractivity (Wildman–Crippen MR) is 54.3 cm³/mol. The van der Waals surface area contributed by atoms with Gasteiger partial charge in [0.2, 0.25) is 0 Å². The monoisotopic (exact) mass is 168 g/mol. The first-order valence-corrected chi connectivity index (χ1v) is 4.31. The molecule has 2 nitrogen and oxygen atoms in total. The first-order valence-electron chi connectivity index (χ1n) is 4.31. The number of hydrogen-bond donors (Lipinski definition) is 2. The molecule has 0 saturated carbocycles. The molecule has 0 aliphatic carbocycles. The Morgan fingerprint density at radius 2 is 1.75 bits per heavy atom. The van der Waals surface area contributed by atoms with Crippen LogP contribution in [0, 0.1) is 5.92 Å². The van der Waals surface area contributed by atoms with Crippen LogP contribution in [0.1, 0.15) is 34.6 Å². The van der Waals surface area contributed by atoms with Gasteiger partial charge in [-0.2, -0.15) is 0 Å². The van der Waals surface area contributed by atoms with Gasteiger partial charge in [0.25, 0.3) is 0 Å². The van der Waals surface area contributed by atoms with Crippen molar-refractivity contribution in [2.75, 3.05) is 0 Å². The largest absolute Gasteiger partial charge is 0.329 e. The van der Waals surface area contributed by atoms with E-state index in [9.17, 15) is 0 Å². The Balaban J connectivity index is 4.57. The molecule has 70 valence electrons. The molecule has 12 heavy (non-hydrogen) atoms. The van der Waals surface area contributed by atoms with Gasteiger partial charge in [0.15, 0.2) is 0 Å². The molecule has 0 fully saturated rings. The SMILES string of the molecule is C/C(=C/C(C)=C(\C)C(C)C)NN. The average molecular weight is 168 g/mol. The number of allylic oxidation sites excluding steroid dienone is 4. The van der Waals surface area contributed by atoms with Crippen LogP contribution in [0.3, 0.4) is 0 Å². The quantitative estimate of drug-likeness (QED) is 0.385. The van der Waals surface area contributed by atoms with Gasteiger partial charge in [0.05, 0.1) is 0 Å². The molecule has 0 aliphatic heterocycles. The Labute approximate surface area is 75.5 Å². The Morgan fingerprint density at radius 1 is 1.25 bits per heavy atom. The molecule has 0 amide bonds. The third-order valence-corrected chi connectivity index (χ3v) is 2.15. The zero-order chi connectivity index (χ0) is 9.72. The van der Waals surface area contributed by atoms with Gasteiger partial charge >= 0.3 is 0 Å². The fraction of sp³-hybridized carbons (Fsp3) is 0.600. The number of nitrogens with one attached hydrogen (secondary N) is 1. The maximum absolute atomic E-state index is 5.26. The zero-order valence-corrected chi connectivity index (χ0v) is 8.73. The van der Waals surface area contributed by atoms with Gasteiger partial charge in [-0.05, 0) is 32.8 Å². The number of hydrogen-bond acceptors (Lipinski definition) is 2. The van der Waals surface area contributed by atoms with Gasteiger partial charge in [0.1, 0.15) is 0 Å². The van der Waals surface area contributed by atoms with Crippen molar-refractivity contribution in [3.63, 3.8) is 0 Å². The van der Waals surface area contributed by atoms with Crippen LogP contribution in [0.15, 0.2) is 22.9 Å². The van der Waals surface area contributed by atoms with E-state index >= 15 is 0 Å². The normalized spacial score (nSPS) is 14.8. The molecule has 3 N–H and O–H groups in total. The molecule has 0 bridgehead atoms. The fourth-order valence-electron chi connectivity index (χ4n) is 0.936. The Bertz CT molecular complexity index is 200. The van der Waals surface area contributed by atoms with Crippen molar-refractivity contribution in [3.05, 3.63) is 22.9 Å². The van der Waals surface area contributed by atoms with E-state index in [4.69, 9.17) is 5.84 Å². The van der Waals surface area contributed by atoms with Crippen LogP contribution in [-0.4, -0.2) is 0 Å². The highest BCUT2D eigenvalue weighted by Gasteiger charge is 1.99. The second-order valence-electron chi connectivity index (χ2n) is 3.49. The summed E-state index contributed by atoms with van der Waals surface area (Å²) in [6, 6.07) is 0. The van der Waals surface area contributed by atoms with Crippen molar-refractivity contribution in [3.8, 4) is 0 Å². The molecule has 0 atom stereocenters. The number of nitrogens with two attached hydrogens (primary N) is 1. The molecule has 0 spiro atoms. The summed E-state index contributed by atoms with van der Waals surface area (Å²) >= 11 is 0. The summed E-state index contributed by atoms with van der Waals surface area (Å²) in [6.45, 7) is 10.6. The maximum Gasteiger partial charge on any atom is 0.0230 e. The molecular formula is C10H20N2. The minimum atomic E-state index is 0.604. The summed E-state index contributed by atoms with van der Waals surface area (Å²) in [5, 5.41) is 0. The molecule has 2 heteroatoms. The van der Waals surface area contributed by atoms with Gasteiger partial charge in [-0.15, -0.1) is 0 Å². The van der Waals surface area contributed by atoms with Gasteiger partial charge in [0, 0.05) is 5.70 Å². The van der Waals surface area contributed by atoms with Crippen molar-refractivity contribution in [1.82, 2.24) is 5.43 Å². The van der Waals surface area contributed by atoms with Crippen LogP contribution in [-0.2, 0) is 0 Å². The van der Waals surface area contributed by atoms with Crippen molar-refractivity contribution in [2.24, 2.45) is 11.8 Å². The lowest BCUT2D eigenvalue weighted by Gasteiger charge is -2.08. The highest BCUT2D eigenvalue weighted by molar-refractivity contribution is 5.25. The smallest absolute Gasteiger partial charge is 0.0230 e. The van der Waals surface area contributed by atoms with E-state index in [1.807, 2.05) is 6.92 Å². The zero-order valence-electron chi connectivity index (χ0n) is 8.73. The molecule has 0 aromatic rings. The number of rotatable bonds is 3. The molecule has 0 unspecified atom stereocenters. The summed E-state index contributed by atoms with van der Waals surface area (Å²) in [5.74, 6) is 5.86. The first kappa shape index (κ1) is 11.2. The fourth-order valence-corrected chi connectivity index (χ4v) is 0.936. The van der Waals surface area contributed by atoms with Crippen molar-refractivity contribution < 1.29 is 0 Å². The van der Waals surface area contributed by atoms with Crippen molar-refractivity contribution in [2.45, 2.75) is 34.6 Å². The topological polar surface area (TPSA) is 38.0 Å². The van der Waals surface area contributed by atoms with Crippen LogP contribution in [0.25, 0.3) is 0 Å². The second kappa shape index (κ2) is 4.99. The maximum atomic E-state index is 5.26. The Kier molecular flexibility index (Phi) is 4.67. The summed E-state index contributed by atoms with van der Waals surface area (Å²) in [5.41, 5.74) is 6.31. The van der Waals surface area contributed by atoms with Gasteiger partial charge in [-0.3, -0.25) is 5.84 Å². The van der Waals surface area contributed by atoms with Crippen LogP contribution in [0.4, 0.5) is 0 Å². The van der Waals surface area contributed by atoms with Crippen LogP contribution < -0.4 is 11.3 Å². The molecular weight excluding hydrogens is 148 g/mol. The molecule has 0 rings (SSSR count). The van der Waals surface area contributed by atoms with E-state index in [-0.39, 0.29) is 0 Å². The van der Waals surface area contributed by atoms with Gasteiger partial charge < -0.3 is 5.43 Å². The van der Waals surface area contributed by atoms with Crippen molar-refractivity contribution in [1.29, 1.82) is 0 Å². The summed E-state index contributed by atoms with van der Waals surface area (Å²) in [7, 11) is 0. The van der Waals surface area contributed by atoms with E-state index in [0.29, 0.717) is 5.92 Å². The van der Waals surface area contributed by atoms with E-state index in [1.54, 1.807) is 0 Å². The molecule has 0 radical (unpaired) electrons. The summed E-state index contributed by atoms with van der Waals surface area (Å²) < 4.78 is 0. The summed E-state index contributed by atoms with van der Waals surface area (Å²) in [6.07, 6.45) is 2.06. The molecule has 0 heterocycles. The third kappa shape index (κ3) is 3.58. The second-order valence-corrected chi connectivity index (χ2v) is 3.49. The lowest BCUT2D eigenvalue weighted by atomic mass is 9.99. The van der Waals surface area contributed by atoms with E-state index in [1.165, 1.54) is 11.1 Å². The average Bonchev–Trinajstić information content (AvgIpc) is 2.02. The van der Waals surface area contributed by atoms with E-state index in [2.05, 4.69) is 39.2 Å². The van der Waals surface area contributed by atoms with Crippen LogP contribution >= 0.6 is 0 Å². The summed E-state index contributed by atoms with van der Waals surface area (Å²) in [4.78, 5) is 0. The minimum Gasteiger partial charge on any atom is -0.329 e. The lowest BCUT2D eigenvalue weighted by molar-refractivity contribution is 0.759. The molecule has 0 aliphatic rings. The van der Waals surface area contributed by atoms with Crippen LogP contribution in [0.2, 0.25) is 0 Å². The molecule has 0 saturated heterocycles. The first-order chi connectivity index (χ1) is 5.49. The predicted octanol–water partition coefficient (Wildman–Crippen LogP) is 2.35.